The number of carbonyl (C=O) groups excluding carboxylic acids is 2. The van der Waals surface area contributed by atoms with E-state index in [1.165, 1.54) is 6.92 Å². The Labute approximate surface area is 152 Å². The molecule has 0 spiro atoms. The SMILES string of the molecule is CC(=O)N(CCC(=O)N(C)c1ccccc1)c1ccc2c(c1)OCCO2. The van der Waals surface area contributed by atoms with E-state index in [2.05, 4.69) is 0 Å². The summed E-state index contributed by atoms with van der Waals surface area (Å²) in [6.45, 7) is 2.78. The molecule has 0 unspecified atom stereocenters. The highest BCUT2D eigenvalue weighted by molar-refractivity contribution is 5.96. The fraction of sp³-hybridized carbons (Fsp3) is 0.300. The molecule has 0 saturated carbocycles. The molecule has 0 fully saturated rings. The van der Waals surface area contributed by atoms with Crippen LogP contribution in [0, 0.1) is 0 Å². The van der Waals surface area contributed by atoms with Gasteiger partial charge in [0.25, 0.3) is 0 Å². The van der Waals surface area contributed by atoms with Crippen LogP contribution in [0.5, 0.6) is 11.5 Å². The van der Waals surface area contributed by atoms with Crippen LogP contribution < -0.4 is 19.3 Å². The molecule has 6 nitrogen and oxygen atoms in total. The third kappa shape index (κ3) is 3.96. The van der Waals surface area contributed by atoms with Gasteiger partial charge in [-0.15, -0.1) is 0 Å². The van der Waals surface area contributed by atoms with E-state index in [9.17, 15) is 9.59 Å². The molecular formula is C20H22N2O4. The average molecular weight is 354 g/mol. The van der Waals surface area contributed by atoms with Gasteiger partial charge in [0.1, 0.15) is 13.2 Å². The highest BCUT2D eigenvalue weighted by Gasteiger charge is 2.19. The number of ether oxygens (including phenoxy) is 2. The summed E-state index contributed by atoms with van der Waals surface area (Å²) < 4.78 is 11.1. The first-order valence-electron chi connectivity index (χ1n) is 8.55. The van der Waals surface area contributed by atoms with Gasteiger partial charge in [-0.05, 0) is 24.3 Å². The Morgan fingerprint density at radius 3 is 2.35 bits per heavy atom. The summed E-state index contributed by atoms with van der Waals surface area (Å²) in [5.41, 5.74) is 1.52. The molecule has 3 rings (SSSR count). The summed E-state index contributed by atoms with van der Waals surface area (Å²) in [6.07, 6.45) is 0.222. The summed E-state index contributed by atoms with van der Waals surface area (Å²) in [4.78, 5) is 27.7. The van der Waals surface area contributed by atoms with Crippen LogP contribution in [-0.4, -0.2) is 38.6 Å². The first-order valence-corrected chi connectivity index (χ1v) is 8.55. The van der Waals surface area contributed by atoms with E-state index in [-0.39, 0.29) is 18.2 Å². The van der Waals surface area contributed by atoms with Gasteiger partial charge >= 0.3 is 0 Å². The Balaban J connectivity index is 1.69. The Kier molecular flexibility index (Phi) is 5.41. The van der Waals surface area contributed by atoms with Crippen LogP contribution in [0.4, 0.5) is 11.4 Å². The zero-order valence-electron chi connectivity index (χ0n) is 15.0. The summed E-state index contributed by atoms with van der Waals surface area (Å²) in [5.74, 6) is 1.10. The van der Waals surface area contributed by atoms with Crippen LogP contribution in [0.25, 0.3) is 0 Å². The summed E-state index contributed by atoms with van der Waals surface area (Å²) in [5, 5.41) is 0. The van der Waals surface area contributed by atoms with E-state index in [0.717, 1.165) is 5.69 Å². The Morgan fingerprint density at radius 1 is 0.962 bits per heavy atom. The highest BCUT2D eigenvalue weighted by Crippen LogP contribution is 2.34. The second-order valence-corrected chi connectivity index (χ2v) is 6.04. The zero-order chi connectivity index (χ0) is 18.5. The van der Waals surface area contributed by atoms with Crippen LogP contribution in [0.1, 0.15) is 13.3 Å². The lowest BCUT2D eigenvalue weighted by Crippen LogP contribution is -2.34. The minimum Gasteiger partial charge on any atom is -0.486 e. The van der Waals surface area contributed by atoms with Gasteiger partial charge in [-0.1, -0.05) is 18.2 Å². The second kappa shape index (κ2) is 7.91. The summed E-state index contributed by atoms with van der Waals surface area (Å²) in [7, 11) is 1.74. The minimum absolute atomic E-state index is 0.0556. The molecule has 1 heterocycles. The van der Waals surface area contributed by atoms with Gasteiger partial charge in [-0.2, -0.15) is 0 Å². The molecule has 0 radical (unpaired) electrons. The lowest BCUT2D eigenvalue weighted by molar-refractivity contribution is -0.118. The number of fused-ring (bicyclic) bond motifs is 1. The number of nitrogens with zero attached hydrogens (tertiary/aromatic N) is 2. The molecule has 6 heteroatoms. The first-order chi connectivity index (χ1) is 12.6. The van der Waals surface area contributed by atoms with Gasteiger partial charge in [0.2, 0.25) is 11.8 Å². The van der Waals surface area contributed by atoms with Crippen molar-refractivity contribution < 1.29 is 19.1 Å². The largest absolute Gasteiger partial charge is 0.486 e. The number of hydrogen-bond acceptors (Lipinski definition) is 4. The summed E-state index contributed by atoms with van der Waals surface area (Å²) >= 11 is 0. The molecule has 2 amide bonds. The van der Waals surface area contributed by atoms with Crippen molar-refractivity contribution in [2.75, 3.05) is 36.6 Å². The van der Waals surface area contributed by atoms with E-state index in [0.29, 0.717) is 36.9 Å². The molecule has 26 heavy (non-hydrogen) atoms. The van der Waals surface area contributed by atoms with Gasteiger partial charge in [-0.25, -0.2) is 0 Å². The molecule has 0 atom stereocenters. The number of amides is 2. The molecule has 0 aromatic heterocycles. The van der Waals surface area contributed by atoms with Gasteiger partial charge in [0.05, 0.1) is 0 Å². The Morgan fingerprint density at radius 2 is 1.65 bits per heavy atom. The van der Waals surface area contributed by atoms with Crippen molar-refractivity contribution in [1.29, 1.82) is 0 Å². The first kappa shape index (κ1) is 17.8. The highest BCUT2D eigenvalue weighted by atomic mass is 16.6. The van der Waals surface area contributed by atoms with Gasteiger partial charge in [-0.3, -0.25) is 9.59 Å². The van der Waals surface area contributed by atoms with E-state index >= 15 is 0 Å². The number of benzene rings is 2. The fourth-order valence-corrected chi connectivity index (χ4v) is 2.84. The Bertz CT molecular complexity index is 792. The van der Waals surface area contributed by atoms with E-state index in [1.54, 1.807) is 35.0 Å². The van der Waals surface area contributed by atoms with Gasteiger partial charge < -0.3 is 19.3 Å². The Hall–Kier alpha value is -3.02. The third-order valence-electron chi connectivity index (χ3n) is 4.28. The predicted octanol–water partition coefficient (Wildman–Crippen LogP) is 2.86. The molecule has 0 N–H and O–H groups in total. The van der Waals surface area contributed by atoms with Crippen LogP contribution in [-0.2, 0) is 9.59 Å². The number of carbonyl (C=O) groups is 2. The van der Waals surface area contributed by atoms with Crippen LogP contribution in [0.3, 0.4) is 0 Å². The molecule has 136 valence electrons. The molecule has 0 bridgehead atoms. The van der Waals surface area contributed by atoms with Crippen LogP contribution >= 0.6 is 0 Å². The van der Waals surface area contributed by atoms with Crippen LogP contribution in [0.15, 0.2) is 48.5 Å². The maximum absolute atomic E-state index is 12.5. The second-order valence-electron chi connectivity index (χ2n) is 6.04. The van der Waals surface area contributed by atoms with Gasteiger partial charge in [0.15, 0.2) is 11.5 Å². The van der Waals surface area contributed by atoms with Crippen molar-refractivity contribution in [1.82, 2.24) is 0 Å². The topological polar surface area (TPSA) is 59.1 Å². The maximum Gasteiger partial charge on any atom is 0.228 e. The van der Waals surface area contributed by atoms with E-state index < -0.39 is 0 Å². The number of para-hydroxylation sites is 1. The average Bonchev–Trinajstić information content (AvgIpc) is 2.67. The number of rotatable bonds is 5. The van der Waals surface area contributed by atoms with Crippen molar-refractivity contribution in [3.05, 3.63) is 48.5 Å². The lowest BCUT2D eigenvalue weighted by Gasteiger charge is -2.25. The predicted molar refractivity (Wildman–Crippen MR) is 99.9 cm³/mol. The molecule has 0 saturated heterocycles. The quantitative estimate of drug-likeness (QED) is 0.828. The third-order valence-corrected chi connectivity index (χ3v) is 4.28. The van der Waals surface area contributed by atoms with Crippen molar-refractivity contribution in [2.45, 2.75) is 13.3 Å². The molecule has 2 aromatic rings. The molecule has 1 aliphatic heterocycles. The smallest absolute Gasteiger partial charge is 0.228 e. The molecule has 0 aliphatic carbocycles. The fourth-order valence-electron chi connectivity index (χ4n) is 2.84. The normalized spacial score (nSPS) is 12.4. The minimum atomic E-state index is -0.128. The molecule has 2 aromatic carbocycles. The maximum atomic E-state index is 12.5. The van der Waals surface area contributed by atoms with Crippen molar-refractivity contribution in [3.63, 3.8) is 0 Å². The van der Waals surface area contributed by atoms with Crippen molar-refractivity contribution in [2.24, 2.45) is 0 Å². The lowest BCUT2D eigenvalue weighted by atomic mass is 10.2. The van der Waals surface area contributed by atoms with Crippen molar-refractivity contribution in [3.8, 4) is 11.5 Å². The van der Waals surface area contributed by atoms with Crippen molar-refractivity contribution >= 4 is 23.2 Å². The molecular weight excluding hydrogens is 332 g/mol. The van der Waals surface area contributed by atoms with E-state index in [1.807, 2.05) is 30.3 Å². The monoisotopic (exact) mass is 354 g/mol. The summed E-state index contributed by atoms with van der Waals surface area (Å²) in [6, 6.07) is 14.8. The number of anilines is 2. The van der Waals surface area contributed by atoms with E-state index in [4.69, 9.17) is 9.47 Å². The number of hydrogen-bond donors (Lipinski definition) is 0. The van der Waals surface area contributed by atoms with Crippen LogP contribution in [0.2, 0.25) is 0 Å². The van der Waals surface area contributed by atoms with Gasteiger partial charge in [0, 0.05) is 44.4 Å². The zero-order valence-corrected chi connectivity index (χ0v) is 15.0. The standard InChI is InChI=1S/C20H22N2O4/c1-15(23)22(17-8-9-18-19(14-17)26-13-12-25-18)11-10-20(24)21(2)16-6-4-3-5-7-16/h3-9,14H,10-13H2,1-2H3. The molecule has 1 aliphatic rings.